The summed E-state index contributed by atoms with van der Waals surface area (Å²) in [7, 11) is 3.22. The summed E-state index contributed by atoms with van der Waals surface area (Å²) >= 11 is 9.60. The number of aryl methyl sites for hydroxylation is 2. The van der Waals surface area contributed by atoms with Gasteiger partial charge < -0.3 is 29.6 Å². The molecule has 4 N–H and O–H groups in total. The van der Waals surface area contributed by atoms with Crippen molar-refractivity contribution in [3.8, 4) is 0 Å². The number of benzene rings is 2. The van der Waals surface area contributed by atoms with E-state index in [0.29, 0.717) is 53.8 Å². The van der Waals surface area contributed by atoms with Gasteiger partial charge in [-0.3, -0.25) is 20.4 Å². The van der Waals surface area contributed by atoms with Gasteiger partial charge in [-0.1, -0.05) is 36.5 Å². The number of carbonyl (C=O) groups is 6. The summed E-state index contributed by atoms with van der Waals surface area (Å²) < 4.78 is 24.2. The first-order valence-corrected chi connectivity index (χ1v) is 27.2. The highest BCUT2D eigenvalue weighted by molar-refractivity contribution is 14.1. The number of carbonyl (C=O) groups excluding carboxylic acids is 6. The average Bonchev–Trinajstić information content (AvgIpc) is 4.10. The van der Waals surface area contributed by atoms with Crippen molar-refractivity contribution in [2.75, 3.05) is 58.4 Å². The van der Waals surface area contributed by atoms with E-state index in [-0.39, 0.29) is 13.2 Å². The third-order valence-corrected chi connectivity index (χ3v) is 15.9. The third kappa shape index (κ3) is 14.6. The lowest BCUT2D eigenvalue weighted by molar-refractivity contribution is 0.0518. The summed E-state index contributed by atoms with van der Waals surface area (Å²) in [6.07, 6.45) is 0.477. The van der Waals surface area contributed by atoms with E-state index < -0.39 is 47.4 Å². The number of amides is 6. The molecule has 2 aromatic carbocycles. The van der Waals surface area contributed by atoms with Gasteiger partial charge in [-0.25, -0.2) is 38.7 Å². The number of fused-ring (bicyclic) bond motifs is 2. The number of thiophene rings is 2. The number of hydrogen-bond donors (Lipinski definition) is 4. The van der Waals surface area contributed by atoms with Crippen LogP contribution in [-0.4, -0.2) is 84.7 Å². The molecule has 70 heavy (non-hydrogen) atoms. The van der Waals surface area contributed by atoms with Crippen molar-refractivity contribution >= 4 is 179 Å². The Morgan fingerprint density at radius 1 is 0.571 bits per heavy atom. The monoisotopic (exact) mass is 1260 g/mol. The minimum absolute atomic E-state index is 0.249. The number of esters is 2. The van der Waals surface area contributed by atoms with Gasteiger partial charge in [-0.15, -0.1) is 22.7 Å². The number of halogens is 2. The largest absolute Gasteiger partial charge is 0.462 e. The van der Waals surface area contributed by atoms with Crippen LogP contribution in [-0.2, 0) is 31.8 Å². The lowest BCUT2D eigenvalue weighted by Crippen LogP contribution is -2.34. The normalized spacial score (nSPS) is 11.3. The van der Waals surface area contributed by atoms with Crippen LogP contribution in [0.15, 0.2) is 36.4 Å². The lowest BCUT2D eigenvalue weighted by atomic mass is 10.2. The predicted molar refractivity (Wildman–Crippen MR) is 299 cm³/mol. The molecule has 4 heterocycles. The Morgan fingerprint density at radius 3 is 1.24 bits per heavy atom. The zero-order chi connectivity index (χ0) is 51.8. The van der Waals surface area contributed by atoms with Gasteiger partial charge in [0, 0.05) is 23.8 Å². The van der Waals surface area contributed by atoms with Gasteiger partial charge in [-0.05, 0) is 150 Å². The standard InChI is InChI=1S/2C23H27IN4O5S2/c2*1-7-12-11-13(19(29)32-8-2)18(34-12)27-20(30)25-14-9-10-15-17(16(14)24)26-21(35-15)28(6)22(31)33-23(3,4)5/h2*9-11H,7-8H2,1-6H3,(H2,25,27,30). The Balaban J connectivity index is 0.000000261. The molecule has 18 nitrogen and oxygen atoms in total. The molecule has 6 rings (SSSR count). The molecule has 0 radical (unpaired) electrons. The third-order valence-electron chi connectivity index (χ3n) is 9.09. The quantitative estimate of drug-likeness (QED) is 0.0511. The molecule has 0 saturated carbocycles. The second-order valence-corrected chi connectivity index (χ2v) is 23.3. The molecule has 0 bridgehead atoms. The second kappa shape index (κ2) is 24.0. The number of urea groups is 2. The van der Waals surface area contributed by atoms with Crippen molar-refractivity contribution in [1.82, 2.24) is 9.97 Å². The number of hydrogen-bond acceptors (Lipinski definition) is 16. The molecular weight excluding hydrogens is 1210 g/mol. The van der Waals surface area contributed by atoms with Crippen molar-refractivity contribution in [2.24, 2.45) is 0 Å². The summed E-state index contributed by atoms with van der Waals surface area (Å²) in [5.41, 5.74) is 1.87. The molecule has 4 aromatic heterocycles. The highest BCUT2D eigenvalue weighted by Gasteiger charge is 2.27. The first kappa shape index (κ1) is 56.0. The van der Waals surface area contributed by atoms with Crippen LogP contribution < -0.4 is 31.1 Å². The summed E-state index contributed by atoms with van der Waals surface area (Å²) in [5.74, 6) is -0.947. The topological polar surface area (TPSA) is 220 Å². The summed E-state index contributed by atoms with van der Waals surface area (Å²) in [5, 5.41) is 13.0. The average molecular weight is 1260 g/mol. The number of anilines is 6. The number of thiazole rings is 2. The van der Waals surface area contributed by atoms with E-state index in [0.717, 1.165) is 39.1 Å². The Labute approximate surface area is 448 Å². The van der Waals surface area contributed by atoms with Gasteiger partial charge in [0.25, 0.3) is 0 Å². The smallest absolute Gasteiger partial charge is 0.416 e. The number of nitrogens with zero attached hydrogens (tertiary/aromatic N) is 4. The van der Waals surface area contributed by atoms with E-state index in [1.54, 1.807) is 93.8 Å². The lowest BCUT2D eigenvalue weighted by Gasteiger charge is -2.23. The molecular formula is C46H54I2N8O10S4. The molecule has 0 fully saturated rings. The zero-order valence-electron chi connectivity index (χ0n) is 40.6. The summed E-state index contributed by atoms with van der Waals surface area (Å²) in [6.45, 7) is 18.7. The van der Waals surface area contributed by atoms with Gasteiger partial charge in [0.15, 0.2) is 10.3 Å². The fourth-order valence-corrected chi connectivity index (χ4v) is 11.5. The van der Waals surface area contributed by atoms with Gasteiger partial charge in [0.2, 0.25) is 0 Å². The van der Waals surface area contributed by atoms with Crippen LogP contribution in [0.4, 0.5) is 50.8 Å². The molecule has 6 amide bonds. The van der Waals surface area contributed by atoms with Crippen LogP contribution in [0.1, 0.15) is 99.7 Å². The van der Waals surface area contributed by atoms with Gasteiger partial charge >= 0.3 is 36.2 Å². The molecule has 0 aliphatic heterocycles. The van der Waals surface area contributed by atoms with Gasteiger partial charge in [-0.2, -0.15) is 0 Å². The van der Waals surface area contributed by atoms with E-state index in [2.05, 4.69) is 76.4 Å². The zero-order valence-corrected chi connectivity index (χ0v) is 48.1. The summed E-state index contributed by atoms with van der Waals surface area (Å²) in [4.78, 5) is 88.8. The highest BCUT2D eigenvalue weighted by atomic mass is 127. The van der Waals surface area contributed by atoms with Crippen LogP contribution in [0.3, 0.4) is 0 Å². The van der Waals surface area contributed by atoms with E-state index in [1.807, 2.05) is 26.0 Å². The fourth-order valence-electron chi connectivity index (χ4n) is 5.85. The highest BCUT2D eigenvalue weighted by Crippen LogP contribution is 2.38. The van der Waals surface area contributed by atoms with Crippen LogP contribution in [0.2, 0.25) is 0 Å². The van der Waals surface area contributed by atoms with E-state index in [4.69, 9.17) is 18.9 Å². The van der Waals surface area contributed by atoms with Gasteiger partial charge in [0.05, 0.1) is 63.3 Å². The Bertz CT molecular complexity index is 2720. The molecule has 0 aliphatic rings. The van der Waals surface area contributed by atoms with E-state index in [1.165, 1.54) is 55.1 Å². The molecule has 0 aliphatic carbocycles. The van der Waals surface area contributed by atoms with Crippen LogP contribution in [0.5, 0.6) is 0 Å². The Morgan fingerprint density at radius 2 is 0.929 bits per heavy atom. The molecule has 0 unspecified atom stereocenters. The fraction of sp³-hybridized carbons (Fsp3) is 0.391. The number of rotatable bonds is 12. The van der Waals surface area contributed by atoms with Crippen molar-refractivity contribution in [3.05, 3.63) is 64.4 Å². The molecule has 0 saturated heterocycles. The Hall–Kier alpha value is -4.90. The van der Waals surface area contributed by atoms with Crippen LogP contribution >= 0.6 is 90.5 Å². The van der Waals surface area contributed by atoms with Crippen molar-refractivity contribution in [1.29, 1.82) is 0 Å². The maximum Gasteiger partial charge on any atom is 0.416 e. The van der Waals surface area contributed by atoms with Crippen LogP contribution in [0.25, 0.3) is 20.4 Å². The minimum atomic E-state index is -0.617. The number of ether oxygens (including phenoxy) is 4. The SMILES string of the molecule is CCOC(=O)c1cc(CC)sc1NC(=O)Nc1ccc2sc(N(C)C(=O)OC(C)(C)C)nc2c1I.CCOC(=O)c1cc(CC)sc1NC(=O)Nc1ccc2sc(N(C)C(=O)OC(C)(C)C)nc2c1I. The van der Waals surface area contributed by atoms with Crippen LogP contribution in [0, 0.1) is 7.14 Å². The number of nitrogens with one attached hydrogen (secondary N) is 4. The van der Waals surface area contributed by atoms with Crippen molar-refractivity contribution in [3.63, 3.8) is 0 Å². The maximum absolute atomic E-state index is 12.8. The first-order valence-electron chi connectivity index (χ1n) is 21.7. The molecule has 0 atom stereocenters. The second-order valence-electron chi connectivity index (χ2n) is 16.8. The van der Waals surface area contributed by atoms with E-state index in [9.17, 15) is 28.8 Å². The molecule has 0 spiro atoms. The predicted octanol–water partition coefficient (Wildman–Crippen LogP) is 13.4. The molecule has 24 heteroatoms. The Kier molecular flexibility index (Phi) is 19.2. The minimum Gasteiger partial charge on any atom is -0.462 e. The van der Waals surface area contributed by atoms with Crippen molar-refractivity contribution in [2.45, 2.75) is 93.3 Å². The first-order chi connectivity index (χ1) is 32.9. The number of aromatic nitrogens is 2. The molecule has 376 valence electrons. The maximum atomic E-state index is 12.8. The van der Waals surface area contributed by atoms with E-state index >= 15 is 0 Å². The van der Waals surface area contributed by atoms with Gasteiger partial charge in [0.1, 0.15) is 21.2 Å². The van der Waals surface area contributed by atoms with Crippen molar-refractivity contribution < 1.29 is 47.7 Å². The summed E-state index contributed by atoms with van der Waals surface area (Å²) in [6, 6.07) is 9.73. The molecule has 6 aromatic rings.